The first kappa shape index (κ1) is 22.9. The lowest BCUT2D eigenvalue weighted by Gasteiger charge is -2.09. The summed E-state index contributed by atoms with van der Waals surface area (Å²) >= 11 is 1.60. The van der Waals surface area contributed by atoms with Crippen molar-refractivity contribution in [3.8, 4) is 23.0 Å². The van der Waals surface area contributed by atoms with Crippen LogP contribution in [0.15, 0.2) is 60.1 Å². The summed E-state index contributed by atoms with van der Waals surface area (Å²) in [6.07, 6.45) is 4.27. The highest BCUT2D eigenvalue weighted by molar-refractivity contribution is 7.18. The van der Waals surface area contributed by atoms with Crippen molar-refractivity contribution in [1.82, 2.24) is 4.98 Å². The Bertz CT molecular complexity index is 1430. The van der Waals surface area contributed by atoms with Crippen LogP contribution < -0.4 is 16.4 Å². The third-order valence-corrected chi connectivity index (χ3v) is 6.82. The number of nitrogens with zero attached hydrogens (tertiary/aromatic N) is 1. The van der Waals surface area contributed by atoms with Crippen molar-refractivity contribution in [3.05, 3.63) is 71.2 Å². The van der Waals surface area contributed by atoms with Gasteiger partial charge in [-0.25, -0.2) is 9.78 Å². The number of benzene rings is 2. The van der Waals surface area contributed by atoms with Crippen LogP contribution in [0.4, 0.5) is 22.0 Å². The number of nitrogens with one attached hydrogen (secondary N) is 2. The molecular weight excluding hydrogens is 456 g/mol. The first-order valence-corrected chi connectivity index (χ1v) is 12.4. The Balaban J connectivity index is 1.30. The maximum atomic E-state index is 12.4. The van der Waals surface area contributed by atoms with Gasteiger partial charge in [-0.2, -0.15) is 0 Å². The summed E-state index contributed by atoms with van der Waals surface area (Å²) in [7, 11) is 0. The molecule has 0 atom stereocenters. The first-order chi connectivity index (χ1) is 17.1. The number of pyridine rings is 1. The number of nitrogen functional groups attached to an aromatic ring is 1. The van der Waals surface area contributed by atoms with E-state index < -0.39 is 0 Å². The summed E-state index contributed by atoms with van der Waals surface area (Å²) in [4.78, 5) is 16.7. The van der Waals surface area contributed by atoms with Gasteiger partial charge in [0.2, 0.25) is 0 Å². The van der Waals surface area contributed by atoms with Crippen molar-refractivity contribution in [2.45, 2.75) is 19.8 Å². The molecule has 2 amide bonds. The largest absolute Gasteiger partial charge is 0.383 e. The van der Waals surface area contributed by atoms with Crippen LogP contribution in [0.1, 0.15) is 24.0 Å². The molecule has 2 heterocycles. The number of rotatable bonds is 6. The van der Waals surface area contributed by atoms with Gasteiger partial charge < -0.3 is 21.1 Å². The van der Waals surface area contributed by atoms with Gasteiger partial charge >= 0.3 is 6.03 Å². The molecule has 0 spiro atoms. The SMILES string of the molecule is Cc1cccc(NC(=O)Nc2ccc(-c3csc4c(C#CCOCC5CC5)cnc(N)c34)cc2)c1. The van der Waals surface area contributed by atoms with Gasteiger partial charge in [-0.05, 0) is 66.5 Å². The summed E-state index contributed by atoms with van der Waals surface area (Å²) in [6, 6.07) is 15.1. The molecule has 4 N–H and O–H groups in total. The maximum absolute atomic E-state index is 12.4. The summed E-state index contributed by atoms with van der Waals surface area (Å²) in [6.45, 7) is 3.20. The van der Waals surface area contributed by atoms with Gasteiger partial charge in [0.05, 0.1) is 16.9 Å². The second-order valence-electron chi connectivity index (χ2n) is 8.70. The number of hydrogen-bond acceptors (Lipinski definition) is 5. The molecule has 2 aromatic carbocycles. The number of aryl methyl sites for hydroxylation is 1. The number of fused-ring (bicyclic) bond motifs is 1. The highest BCUT2D eigenvalue weighted by Crippen LogP contribution is 2.38. The topological polar surface area (TPSA) is 89.3 Å². The molecule has 176 valence electrons. The molecule has 0 bridgehead atoms. The minimum atomic E-state index is -0.290. The zero-order valence-electron chi connectivity index (χ0n) is 19.4. The molecule has 6 nitrogen and oxygen atoms in total. The van der Waals surface area contributed by atoms with Crippen LogP contribution >= 0.6 is 11.3 Å². The van der Waals surface area contributed by atoms with Crippen LogP contribution in [0.2, 0.25) is 0 Å². The predicted molar refractivity (Wildman–Crippen MR) is 144 cm³/mol. The lowest BCUT2D eigenvalue weighted by atomic mass is 10.0. The van der Waals surface area contributed by atoms with Gasteiger partial charge in [-0.3, -0.25) is 0 Å². The lowest BCUT2D eigenvalue weighted by Crippen LogP contribution is -2.19. The van der Waals surface area contributed by atoms with Gasteiger partial charge in [0.15, 0.2) is 0 Å². The number of carbonyl (C=O) groups excluding carboxylic acids is 1. The lowest BCUT2D eigenvalue weighted by molar-refractivity contribution is 0.156. The van der Waals surface area contributed by atoms with E-state index in [-0.39, 0.29) is 6.03 Å². The normalized spacial score (nSPS) is 12.7. The number of ether oxygens (including phenoxy) is 1. The van der Waals surface area contributed by atoms with Crippen LogP contribution in [0.25, 0.3) is 21.2 Å². The third-order valence-electron chi connectivity index (χ3n) is 5.80. The highest BCUT2D eigenvalue weighted by Gasteiger charge is 2.20. The fraction of sp³-hybridized carbons (Fsp3) is 0.214. The Morgan fingerprint density at radius 1 is 1.17 bits per heavy atom. The summed E-state index contributed by atoms with van der Waals surface area (Å²) < 4.78 is 6.63. The molecule has 0 radical (unpaired) electrons. The van der Waals surface area contributed by atoms with Gasteiger partial charge in [0.25, 0.3) is 0 Å². The van der Waals surface area contributed by atoms with Gasteiger partial charge in [-0.15, -0.1) is 11.3 Å². The first-order valence-electron chi connectivity index (χ1n) is 11.5. The van der Waals surface area contributed by atoms with Gasteiger partial charge in [-0.1, -0.05) is 36.1 Å². The highest BCUT2D eigenvalue weighted by atomic mass is 32.1. The number of anilines is 3. The van der Waals surface area contributed by atoms with E-state index in [1.165, 1.54) is 12.8 Å². The van der Waals surface area contributed by atoms with Crippen molar-refractivity contribution >= 4 is 44.6 Å². The molecular formula is C28H26N4O2S. The Kier molecular flexibility index (Phi) is 6.66. The van der Waals surface area contributed by atoms with Crippen molar-refractivity contribution in [2.75, 3.05) is 29.6 Å². The van der Waals surface area contributed by atoms with Crippen molar-refractivity contribution in [1.29, 1.82) is 0 Å². The van der Waals surface area contributed by atoms with E-state index in [9.17, 15) is 4.79 Å². The maximum Gasteiger partial charge on any atom is 0.323 e. The number of aromatic nitrogens is 1. The zero-order chi connectivity index (χ0) is 24.2. The number of urea groups is 1. The minimum Gasteiger partial charge on any atom is -0.383 e. The van der Waals surface area contributed by atoms with Crippen LogP contribution in [0.5, 0.6) is 0 Å². The summed E-state index contributed by atoms with van der Waals surface area (Å²) in [5.41, 5.74) is 11.6. The van der Waals surface area contributed by atoms with E-state index in [0.717, 1.165) is 50.6 Å². The second kappa shape index (κ2) is 10.2. The fourth-order valence-corrected chi connectivity index (χ4v) is 4.86. The smallest absolute Gasteiger partial charge is 0.323 e. The molecule has 1 aliphatic carbocycles. The average molecular weight is 483 g/mol. The van der Waals surface area contributed by atoms with Gasteiger partial charge in [0.1, 0.15) is 12.4 Å². The average Bonchev–Trinajstić information content (AvgIpc) is 3.56. The molecule has 35 heavy (non-hydrogen) atoms. The standard InChI is InChI=1S/C28H26N4O2S/c1-18-4-2-6-23(14-18)32-28(33)31-22-11-9-20(10-12-22)24-17-35-26-21(15-30-27(29)25(24)26)5-3-13-34-16-19-7-8-19/h2,4,6,9-12,14-15,17,19H,7-8,13,16H2,1H3,(H2,29,30)(H2,31,32,33). The zero-order valence-corrected chi connectivity index (χ0v) is 20.2. The Morgan fingerprint density at radius 3 is 2.74 bits per heavy atom. The van der Waals surface area contributed by atoms with Gasteiger partial charge in [0, 0.05) is 28.5 Å². The number of hydrogen-bond donors (Lipinski definition) is 3. The molecule has 0 saturated heterocycles. The molecule has 2 aromatic heterocycles. The Hall–Kier alpha value is -3.86. The second-order valence-corrected chi connectivity index (χ2v) is 9.58. The molecule has 1 fully saturated rings. The predicted octanol–water partition coefficient (Wildman–Crippen LogP) is 6.28. The Morgan fingerprint density at radius 2 is 1.97 bits per heavy atom. The van der Waals surface area contributed by atoms with Crippen molar-refractivity contribution in [3.63, 3.8) is 0 Å². The van der Waals surface area contributed by atoms with Crippen molar-refractivity contribution < 1.29 is 9.53 Å². The van der Waals surface area contributed by atoms with Crippen LogP contribution in [0.3, 0.4) is 0 Å². The van der Waals surface area contributed by atoms with Crippen LogP contribution in [-0.2, 0) is 4.74 Å². The molecule has 4 aromatic rings. The van der Waals surface area contributed by atoms with E-state index in [1.807, 2.05) is 55.5 Å². The van der Waals surface area contributed by atoms with E-state index >= 15 is 0 Å². The monoisotopic (exact) mass is 482 g/mol. The molecule has 1 aliphatic rings. The third kappa shape index (κ3) is 5.62. The Labute approximate surface area is 208 Å². The van der Waals surface area contributed by atoms with Crippen LogP contribution in [0, 0.1) is 24.7 Å². The molecule has 5 rings (SSSR count). The molecule has 0 aliphatic heterocycles. The van der Waals surface area contributed by atoms with E-state index in [2.05, 4.69) is 32.8 Å². The molecule has 7 heteroatoms. The number of carbonyl (C=O) groups is 1. The summed E-state index contributed by atoms with van der Waals surface area (Å²) in [5, 5.41) is 8.69. The fourth-order valence-electron chi connectivity index (χ4n) is 3.81. The minimum absolute atomic E-state index is 0.290. The molecule has 0 unspecified atom stereocenters. The number of thiophene rings is 1. The number of amides is 2. The molecule has 1 saturated carbocycles. The number of nitrogens with two attached hydrogens (primary N) is 1. The van der Waals surface area contributed by atoms with E-state index in [0.29, 0.717) is 18.1 Å². The van der Waals surface area contributed by atoms with Crippen LogP contribution in [-0.4, -0.2) is 24.2 Å². The van der Waals surface area contributed by atoms with E-state index in [4.69, 9.17) is 10.5 Å². The summed E-state index contributed by atoms with van der Waals surface area (Å²) in [5.74, 6) is 7.50. The van der Waals surface area contributed by atoms with Crippen molar-refractivity contribution in [2.24, 2.45) is 5.92 Å². The van der Waals surface area contributed by atoms with E-state index in [1.54, 1.807) is 17.5 Å². The quantitative estimate of drug-likeness (QED) is 0.223.